The molecule has 2 saturated heterocycles. The number of hydrogen-bond donors (Lipinski definition) is 10. The number of phenolic OH excluding ortho intramolecular Hbond substituents is 1. The van der Waals surface area contributed by atoms with Gasteiger partial charge in [0.2, 0.25) is 17.5 Å². The van der Waals surface area contributed by atoms with E-state index in [4.69, 9.17) is 37.6 Å². The van der Waals surface area contributed by atoms with E-state index in [9.17, 15) is 55.9 Å². The van der Waals surface area contributed by atoms with Crippen LogP contribution in [0.4, 0.5) is 0 Å². The number of aliphatic hydroxyl groups excluding tert-OH is 9. The van der Waals surface area contributed by atoms with Crippen LogP contribution in [0.3, 0.4) is 0 Å². The summed E-state index contributed by atoms with van der Waals surface area (Å²) in [7, 11) is 0. The maximum Gasteiger partial charge on any atom is 0.239 e. The number of benzene rings is 2. The van der Waals surface area contributed by atoms with E-state index in [0.29, 0.717) is 0 Å². The summed E-state index contributed by atoms with van der Waals surface area (Å²) in [4.78, 5) is 14.1. The zero-order valence-corrected chi connectivity index (χ0v) is 27.8. The molecule has 10 N–H and O–H groups in total. The van der Waals surface area contributed by atoms with Gasteiger partial charge >= 0.3 is 0 Å². The van der Waals surface area contributed by atoms with Gasteiger partial charge in [-0.3, -0.25) is 4.79 Å². The quantitative estimate of drug-likeness (QED) is 0.0758. The number of rotatable bonds is 15. The Morgan fingerprint density at radius 1 is 0.712 bits per heavy atom. The second-order valence-electron chi connectivity index (χ2n) is 11.9. The van der Waals surface area contributed by atoms with Crippen molar-refractivity contribution in [2.45, 2.75) is 68.3 Å². The minimum atomic E-state index is -1.98. The van der Waals surface area contributed by atoms with Crippen LogP contribution in [0.15, 0.2) is 39.5 Å². The van der Waals surface area contributed by atoms with E-state index in [0.717, 1.165) is 6.07 Å². The van der Waals surface area contributed by atoms with Crippen molar-refractivity contribution < 1.29 is 88.6 Å². The highest BCUT2D eigenvalue weighted by Crippen LogP contribution is 2.40. The average Bonchev–Trinajstić information content (AvgIpc) is 3.13. The molecule has 0 unspecified atom stereocenters. The van der Waals surface area contributed by atoms with E-state index in [1.54, 1.807) is 0 Å². The smallest absolute Gasteiger partial charge is 0.239 e. The van der Waals surface area contributed by atoms with Crippen LogP contribution in [0, 0.1) is 0 Å². The summed E-state index contributed by atoms with van der Waals surface area (Å²) in [6.45, 7) is -0.648. The van der Waals surface area contributed by atoms with Crippen LogP contribution in [0.1, 0.15) is 6.92 Å². The van der Waals surface area contributed by atoms with Gasteiger partial charge in [-0.25, -0.2) is 0 Å². The predicted molar refractivity (Wildman–Crippen MR) is 173 cm³/mol. The molecule has 19 heteroatoms. The van der Waals surface area contributed by atoms with Gasteiger partial charge in [-0.15, -0.1) is 0 Å². The Morgan fingerprint density at radius 3 is 2.04 bits per heavy atom. The Hall–Kier alpha value is -3.83. The Labute approximate surface area is 294 Å². The van der Waals surface area contributed by atoms with Gasteiger partial charge in [-0.1, -0.05) is 0 Å². The van der Waals surface area contributed by atoms with Crippen LogP contribution in [0.5, 0.6) is 28.7 Å². The number of aliphatic hydroxyl groups is 9. The summed E-state index contributed by atoms with van der Waals surface area (Å²) in [5, 5.41) is 101. The van der Waals surface area contributed by atoms with Crippen molar-refractivity contribution in [2.24, 2.45) is 0 Å². The number of ether oxygens (including phenoxy) is 7. The highest BCUT2D eigenvalue weighted by atomic mass is 16.7. The Morgan fingerprint density at radius 2 is 1.35 bits per heavy atom. The number of aromatic hydroxyl groups is 1. The van der Waals surface area contributed by atoms with Gasteiger partial charge < -0.3 is 88.6 Å². The van der Waals surface area contributed by atoms with Gasteiger partial charge in [-0.05, 0) is 25.1 Å². The zero-order valence-electron chi connectivity index (χ0n) is 27.8. The molecule has 3 heterocycles. The standard InChI is InChI=1S/C33H42O19/c1-14-23(38)26(41)28(43)32(49-14)48-13-21-24(39)27(42)29(44)33(51-21)52-31-25(40)22-17(37)11-16(45-7-4-34)12-20(22)50-30(31)15-2-3-18(46-8-5-35)19(10-15)47-9-6-36/h2-3,10-12,14,21,23-24,26-29,32-39,41-44H,4-9,13H2,1H3/t14-,21+,23-,24+,26+,27-,28-,29+,32-,33-/m1/s1. The first-order valence-electron chi connectivity index (χ1n) is 16.3. The zero-order chi connectivity index (χ0) is 37.7. The highest BCUT2D eigenvalue weighted by Gasteiger charge is 2.48. The van der Waals surface area contributed by atoms with Gasteiger partial charge in [-0.2, -0.15) is 0 Å². The van der Waals surface area contributed by atoms with Crippen LogP contribution in [-0.2, 0) is 14.2 Å². The highest BCUT2D eigenvalue weighted by molar-refractivity contribution is 5.88. The van der Waals surface area contributed by atoms with Crippen molar-refractivity contribution in [3.63, 3.8) is 0 Å². The molecule has 0 saturated carbocycles. The molecule has 0 amide bonds. The maximum atomic E-state index is 14.1. The molecule has 10 atom stereocenters. The first-order valence-corrected chi connectivity index (χ1v) is 16.3. The van der Waals surface area contributed by atoms with Crippen molar-refractivity contribution in [3.05, 3.63) is 40.6 Å². The van der Waals surface area contributed by atoms with Crippen LogP contribution >= 0.6 is 0 Å². The van der Waals surface area contributed by atoms with E-state index >= 15 is 0 Å². The summed E-state index contributed by atoms with van der Waals surface area (Å²) >= 11 is 0. The summed E-state index contributed by atoms with van der Waals surface area (Å²) in [5.74, 6) is -1.31. The molecule has 2 fully saturated rings. The summed E-state index contributed by atoms with van der Waals surface area (Å²) in [6.07, 6.45) is -16.3. The molecule has 0 radical (unpaired) electrons. The van der Waals surface area contributed by atoms with E-state index in [2.05, 4.69) is 0 Å². The SMILES string of the molecule is C[C@H]1O[C@@H](OC[C@@H]2O[C@H](Oc3c(-c4ccc(OCCO)c(OCCO)c4)oc4cc(OCCO)cc(O)c4c3=O)[C@@H](O)[C@H](O)[C@H]2O)[C@H](O)[C@@H](O)[C@@H]1O. The lowest BCUT2D eigenvalue weighted by Crippen LogP contribution is -2.61. The molecule has 5 rings (SSSR count). The van der Waals surface area contributed by atoms with Crippen LogP contribution in [-0.4, -0.2) is 159 Å². The van der Waals surface area contributed by atoms with Gasteiger partial charge in [0.25, 0.3) is 0 Å². The molecule has 2 aliphatic heterocycles. The van der Waals surface area contributed by atoms with Crippen LogP contribution in [0.2, 0.25) is 0 Å². The summed E-state index contributed by atoms with van der Waals surface area (Å²) in [5.41, 5.74) is -1.08. The van der Waals surface area contributed by atoms with Crippen molar-refractivity contribution >= 4 is 11.0 Å². The van der Waals surface area contributed by atoms with Crippen molar-refractivity contribution in [1.29, 1.82) is 0 Å². The lowest BCUT2D eigenvalue weighted by molar-refractivity contribution is -0.318. The van der Waals surface area contributed by atoms with Gasteiger partial charge in [0.15, 0.2) is 23.5 Å². The largest absolute Gasteiger partial charge is 0.507 e. The molecular formula is C33H42O19. The van der Waals surface area contributed by atoms with Crippen LogP contribution in [0.25, 0.3) is 22.3 Å². The normalized spacial score (nSPS) is 29.2. The van der Waals surface area contributed by atoms with Gasteiger partial charge in [0.05, 0.1) is 32.5 Å². The maximum absolute atomic E-state index is 14.1. The fourth-order valence-electron chi connectivity index (χ4n) is 5.60. The van der Waals surface area contributed by atoms with E-state index < -0.39 is 84.9 Å². The molecule has 3 aromatic rings. The third kappa shape index (κ3) is 8.36. The van der Waals surface area contributed by atoms with Crippen LogP contribution < -0.4 is 24.4 Å². The molecule has 52 heavy (non-hydrogen) atoms. The third-order valence-electron chi connectivity index (χ3n) is 8.31. The third-order valence-corrected chi connectivity index (χ3v) is 8.31. The molecular weight excluding hydrogens is 700 g/mol. The Bertz CT molecular complexity index is 1700. The minimum Gasteiger partial charge on any atom is -0.507 e. The van der Waals surface area contributed by atoms with Gasteiger partial charge in [0.1, 0.15) is 85.0 Å². The number of phenols is 1. The monoisotopic (exact) mass is 742 g/mol. The van der Waals surface area contributed by atoms with E-state index in [1.807, 2.05) is 0 Å². The van der Waals surface area contributed by atoms with Crippen molar-refractivity contribution in [1.82, 2.24) is 0 Å². The van der Waals surface area contributed by atoms with Gasteiger partial charge in [0, 0.05) is 17.7 Å². The molecule has 19 nitrogen and oxygen atoms in total. The predicted octanol–water partition coefficient (Wildman–Crippen LogP) is -2.69. The number of hydrogen-bond acceptors (Lipinski definition) is 19. The fourth-order valence-corrected chi connectivity index (χ4v) is 5.60. The molecule has 1 aromatic heterocycles. The topological polar surface area (TPSA) is 297 Å². The molecule has 288 valence electrons. The van der Waals surface area contributed by atoms with E-state index in [1.165, 1.54) is 31.2 Å². The molecule has 2 aliphatic rings. The van der Waals surface area contributed by atoms with E-state index in [-0.39, 0.29) is 79.2 Å². The molecule has 0 bridgehead atoms. The molecule has 2 aromatic carbocycles. The van der Waals surface area contributed by atoms with Crippen molar-refractivity contribution in [2.75, 3.05) is 46.2 Å². The lowest BCUT2D eigenvalue weighted by atomic mass is 9.98. The first-order chi connectivity index (χ1) is 24.9. The Balaban J connectivity index is 1.53. The average molecular weight is 743 g/mol. The second-order valence-corrected chi connectivity index (χ2v) is 11.9. The summed E-state index contributed by atoms with van der Waals surface area (Å²) < 4.78 is 45.1. The number of fused-ring (bicyclic) bond motifs is 1. The fraction of sp³-hybridized carbons (Fsp3) is 0.545. The Kier molecular flexibility index (Phi) is 13.1. The molecule has 0 spiro atoms. The molecule has 0 aliphatic carbocycles. The lowest BCUT2D eigenvalue weighted by Gasteiger charge is -2.42. The summed E-state index contributed by atoms with van der Waals surface area (Å²) in [6, 6.07) is 6.59. The minimum absolute atomic E-state index is 0.0380. The first kappa shape index (κ1) is 39.4. The van der Waals surface area contributed by atoms with Crippen molar-refractivity contribution in [3.8, 4) is 40.1 Å². The second kappa shape index (κ2) is 17.3.